The molecule has 7 heteroatoms. The Morgan fingerprint density at radius 3 is 2.74 bits per heavy atom. The third kappa shape index (κ3) is 4.00. The summed E-state index contributed by atoms with van der Waals surface area (Å²) < 4.78 is 16.0. The number of rotatable bonds is 8. The average molecular weight is 319 g/mol. The van der Waals surface area contributed by atoms with E-state index in [1.54, 1.807) is 32.2 Å². The fraction of sp³-hybridized carbons (Fsp3) is 0.438. The maximum absolute atomic E-state index is 11.9. The maximum atomic E-state index is 11.9. The van der Waals surface area contributed by atoms with Gasteiger partial charge < -0.3 is 14.2 Å². The molecular formula is C16H21N3O4. The molecule has 2 rings (SSSR count). The number of H-pyrrole nitrogens is 1. The molecule has 2 aromatic rings. The first-order valence-electron chi connectivity index (χ1n) is 7.60. The van der Waals surface area contributed by atoms with Crippen molar-refractivity contribution in [3.63, 3.8) is 0 Å². The van der Waals surface area contributed by atoms with E-state index in [0.29, 0.717) is 29.4 Å². The lowest BCUT2D eigenvalue weighted by molar-refractivity contribution is 0.0520. The van der Waals surface area contributed by atoms with Gasteiger partial charge >= 0.3 is 5.97 Å². The summed E-state index contributed by atoms with van der Waals surface area (Å²) in [6.07, 6.45) is 1.99. The molecular weight excluding hydrogens is 298 g/mol. The van der Waals surface area contributed by atoms with Gasteiger partial charge in [-0.2, -0.15) is 10.3 Å². The zero-order valence-electron chi connectivity index (χ0n) is 13.6. The molecule has 0 unspecified atom stereocenters. The largest absolute Gasteiger partial charge is 0.493 e. The highest BCUT2D eigenvalue weighted by molar-refractivity contribution is 5.94. The molecule has 0 saturated carbocycles. The number of aromatic amines is 1. The zero-order chi connectivity index (χ0) is 16.7. The third-order valence-electron chi connectivity index (χ3n) is 3.21. The van der Waals surface area contributed by atoms with Gasteiger partial charge in [-0.25, -0.2) is 4.79 Å². The second-order valence-electron chi connectivity index (χ2n) is 4.81. The number of aromatic nitrogens is 3. The van der Waals surface area contributed by atoms with E-state index in [1.807, 2.05) is 0 Å². The molecule has 0 aliphatic heterocycles. The lowest BCUT2D eigenvalue weighted by Gasteiger charge is -2.11. The number of hydrogen-bond donors (Lipinski definition) is 1. The fourth-order valence-corrected chi connectivity index (χ4v) is 2.04. The van der Waals surface area contributed by atoms with E-state index in [0.717, 1.165) is 12.8 Å². The van der Waals surface area contributed by atoms with Crippen molar-refractivity contribution >= 4 is 5.97 Å². The van der Waals surface area contributed by atoms with Gasteiger partial charge in [0, 0.05) is 5.56 Å². The predicted molar refractivity (Wildman–Crippen MR) is 84.7 cm³/mol. The van der Waals surface area contributed by atoms with Crippen molar-refractivity contribution in [2.75, 3.05) is 20.3 Å². The molecule has 1 aromatic carbocycles. The van der Waals surface area contributed by atoms with Crippen LogP contribution >= 0.6 is 0 Å². The van der Waals surface area contributed by atoms with Crippen molar-refractivity contribution in [2.45, 2.75) is 26.7 Å². The minimum atomic E-state index is -0.513. The Hall–Kier alpha value is -2.57. The molecule has 0 radical (unpaired) electrons. The van der Waals surface area contributed by atoms with Crippen LogP contribution in [0, 0.1) is 0 Å². The quantitative estimate of drug-likeness (QED) is 0.595. The summed E-state index contributed by atoms with van der Waals surface area (Å²) in [5.41, 5.74) is 1.28. The number of nitrogens with one attached hydrogen (secondary N) is 1. The first kappa shape index (κ1) is 16.8. The molecule has 7 nitrogen and oxygen atoms in total. The van der Waals surface area contributed by atoms with Gasteiger partial charge in [-0.1, -0.05) is 13.3 Å². The summed E-state index contributed by atoms with van der Waals surface area (Å²) >= 11 is 0. The molecule has 0 amide bonds. The molecule has 0 bridgehead atoms. The molecule has 0 aliphatic rings. The Balaban J connectivity index is 2.31. The van der Waals surface area contributed by atoms with Crippen LogP contribution in [-0.4, -0.2) is 41.7 Å². The summed E-state index contributed by atoms with van der Waals surface area (Å²) in [4.78, 5) is 11.9. The molecule has 23 heavy (non-hydrogen) atoms. The van der Waals surface area contributed by atoms with Gasteiger partial charge in [0.25, 0.3) is 0 Å². The second kappa shape index (κ2) is 8.17. The van der Waals surface area contributed by atoms with Gasteiger partial charge in [0.15, 0.2) is 17.2 Å². The Morgan fingerprint density at radius 2 is 2.04 bits per heavy atom. The van der Waals surface area contributed by atoms with Crippen LogP contribution in [0.3, 0.4) is 0 Å². The number of carbonyl (C=O) groups is 1. The van der Waals surface area contributed by atoms with Crippen molar-refractivity contribution in [3.8, 4) is 22.8 Å². The third-order valence-corrected chi connectivity index (χ3v) is 3.21. The summed E-state index contributed by atoms with van der Waals surface area (Å²) in [6, 6.07) is 5.36. The minimum absolute atomic E-state index is 0.150. The highest BCUT2D eigenvalue weighted by Crippen LogP contribution is 2.33. The summed E-state index contributed by atoms with van der Waals surface area (Å²) in [6.45, 7) is 4.71. The standard InChI is InChI=1S/C16H21N3O4/c1-4-6-9-23-13-10-11(7-8-12(13)21-3)14-15(18-19-17-14)16(20)22-5-2/h7-8,10H,4-6,9H2,1-3H3,(H,17,18,19). The van der Waals surface area contributed by atoms with Crippen LogP contribution in [0.2, 0.25) is 0 Å². The molecule has 0 aliphatic carbocycles. The van der Waals surface area contributed by atoms with Gasteiger partial charge in [-0.15, -0.1) is 5.10 Å². The second-order valence-corrected chi connectivity index (χ2v) is 4.81. The van der Waals surface area contributed by atoms with E-state index in [9.17, 15) is 4.79 Å². The Labute approximate surface area is 134 Å². The number of hydrogen-bond acceptors (Lipinski definition) is 6. The normalized spacial score (nSPS) is 10.4. The van der Waals surface area contributed by atoms with Gasteiger partial charge in [0.2, 0.25) is 0 Å². The van der Waals surface area contributed by atoms with Crippen molar-refractivity contribution in [1.82, 2.24) is 15.4 Å². The van der Waals surface area contributed by atoms with Gasteiger partial charge in [0.05, 0.1) is 20.3 Å². The van der Waals surface area contributed by atoms with Crippen LogP contribution in [0.15, 0.2) is 18.2 Å². The molecule has 0 saturated heterocycles. The van der Waals surface area contributed by atoms with E-state index >= 15 is 0 Å². The monoisotopic (exact) mass is 319 g/mol. The van der Waals surface area contributed by atoms with Crippen LogP contribution < -0.4 is 9.47 Å². The lowest BCUT2D eigenvalue weighted by Crippen LogP contribution is -2.07. The van der Waals surface area contributed by atoms with Crippen molar-refractivity contribution in [2.24, 2.45) is 0 Å². The number of unbranched alkanes of at least 4 members (excludes halogenated alkanes) is 1. The van der Waals surface area contributed by atoms with Crippen LogP contribution in [0.4, 0.5) is 0 Å². The summed E-state index contributed by atoms with van der Waals surface area (Å²) in [7, 11) is 1.59. The predicted octanol–water partition coefficient (Wildman–Crippen LogP) is 2.84. The van der Waals surface area contributed by atoms with Crippen LogP contribution in [0.5, 0.6) is 11.5 Å². The molecule has 1 N–H and O–H groups in total. The van der Waals surface area contributed by atoms with E-state index in [4.69, 9.17) is 14.2 Å². The van der Waals surface area contributed by atoms with Gasteiger partial charge in [-0.05, 0) is 31.5 Å². The van der Waals surface area contributed by atoms with Gasteiger partial charge in [-0.3, -0.25) is 0 Å². The minimum Gasteiger partial charge on any atom is -0.493 e. The number of nitrogens with zero attached hydrogens (tertiary/aromatic N) is 2. The molecule has 1 aromatic heterocycles. The topological polar surface area (TPSA) is 86.3 Å². The van der Waals surface area contributed by atoms with Crippen LogP contribution in [0.25, 0.3) is 11.3 Å². The number of esters is 1. The van der Waals surface area contributed by atoms with Crippen LogP contribution in [0.1, 0.15) is 37.2 Å². The molecule has 124 valence electrons. The molecule has 0 fully saturated rings. The van der Waals surface area contributed by atoms with Crippen molar-refractivity contribution < 1.29 is 19.0 Å². The van der Waals surface area contributed by atoms with Crippen molar-refractivity contribution in [1.29, 1.82) is 0 Å². The smallest absolute Gasteiger partial charge is 0.361 e. The van der Waals surface area contributed by atoms with Gasteiger partial charge in [0.1, 0.15) is 5.69 Å². The number of benzene rings is 1. The number of carbonyl (C=O) groups excluding carboxylic acids is 1. The average Bonchev–Trinajstić information content (AvgIpc) is 3.05. The number of methoxy groups -OCH3 is 1. The zero-order valence-corrected chi connectivity index (χ0v) is 13.6. The molecule has 1 heterocycles. The highest BCUT2D eigenvalue weighted by Gasteiger charge is 2.20. The highest BCUT2D eigenvalue weighted by atomic mass is 16.5. The number of ether oxygens (including phenoxy) is 3. The van der Waals surface area contributed by atoms with E-state index in [1.165, 1.54) is 0 Å². The Bertz CT molecular complexity index is 655. The summed E-state index contributed by atoms with van der Waals surface area (Å²) in [5, 5.41) is 10.4. The summed E-state index contributed by atoms with van der Waals surface area (Å²) in [5.74, 6) is 0.725. The SMILES string of the molecule is CCCCOc1cc(-c2n[nH]nc2C(=O)OCC)ccc1OC. The van der Waals surface area contributed by atoms with Crippen molar-refractivity contribution in [3.05, 3.63) is 23.9 Å². The van der Waals surface area contributed by atoms with E-state index in [2.05, 4.69) is 22.3 Å². The molecule has 0 spiro atoms. The fourth-order valence-electron chi connectivity index (χ4n) is 2.04. The van der Waals surface area contributed by atoms with E-state index in [-0.39, 0.29) is 12.3 Å². The Kier molecular flexibility index (Phi) is 5.96. The first-order valence-corrected chi connectivity index (χ1v) is 7.60. The molecule has 0 atom stereocenters. The van der Waals surface area contributed by atoms with E-state index < -0.39 is 5.97 Å². The Morgan fingerprint density at radius 1 is 1.22 bits per heavy atom. The lowest BCUT2D eigenvalue weighted by atomic mass is 10.1. The maximum Gasteiger partial charge on any atom is 0.361 e. The first-order chi connectivity index (χ1) is 11.2. The van der Waals surface area contributed by atoms with Crippen LogP contribution in [-0.2, 0) is 4.74 Å².